The van der Waals surface area contributed by atoms with Gasteiger partial charge < -0.3 is 5.32 Å². The Hall–Kier alpha value is -2.37. The van der Waals surface area contributed by atoms with E-state index in [0.717, 1.165) is 6.42 Å². The third-order valence-corrected chi connectivity index (χ3v) is 2.59. The zero-order valence-corrected chi connectivity index (χ0v) is 10.1. The van der Waals surface area contributed by atoms with Gasteiger partial charge in [0.1, 0.15) is 6.33 Å². The molecule has 1 heterocycles. The third kappa shape index (κ3) is 3.31. The summed E-state index contributed by atoms with van der Waals surface area (Å²) in [7, 11) is 0. The van der Waals surface area contributed by atoms with Crippen LogP contribution in [0.15, 0.2) is 30.6 Å². The predicted octanol–water partition coefficient (Wildman–Crippen LogP) is 1.48. The van der Waals surface area contributed by atoms with Crippen LogP contribution < -0.4 is 10.6 Å². The molecule has 0 fully saturated rings. The first-order valence-corrected chi connectivity index (χ1v) is 5.70. The van der Waals surface area contributed by atoms with Gasteiger partial charge in [-0.15, -0.1) is 0 Å². The van der Waals surface area contributed by atoms with Gasteiger partial charge in [0.05, 0.1) is 0 Å². The second-order valence-corrected chi connectivity index (χ2v) is 3.89. The molecule has 0 aliphatic heterocycles. The summed E-state index contributed by atoms with van der Waals surface area (Å²) >= 11 is 0. The van der Waals surface area contributed by atoms with Crippen molar-refractivity contribution in [2.24, 2.45) is 0 Å². The molecule has 3 N–H and O–H groups in total. The second kappa shape index (κ2) is 5.81. The van der Waals surface area contributed by atoms with E-state index in [2.05, 4.69) is 44.9 Å². The average molecular weight is 245 g/mol. The van der Waals surface area contributed by atoms with Crippen LogP contribution in [-0.2, 0) is 6.42 Å². The van der Waals surface area contributed by atoms with Crippen molar-refractivity contribution in [2.75, 3.05) is 11.9 Å². The zero-order chi connectivity index (χ0) is 12.8. The van der Waals surface area contributed by atoms with E-state index < -0.39 is 0 Å². The Bertz CT molecular complexity index is 509. The molecule has 0 bridgehead atoms. The number of aryl methyl sites for hydroxylation is 1. The van der Waals surface area contributed by atoms with Gasteiger partial charge in [-0.2, -0.15) is 10.1 Å². The SMILES string of the molecule is Cc1ccccc1CCNC(=O)Nc1ncn[nH]1. The molecule has 1 aromatic carbocycles. The lowest BCUT2D eigenvalue weighted by molar-refractivity contribution is 0.252. The Morgan fingerprint density at radius 3 is 2.94 bits per heavy atom. The van der Waals surface area contributed by atoms with Gasteiger partial charge in [0.15, 0.2) is 0 Å². The van der Waals surface area contributed by atoms with Crippen LogP contribution in [0.25, 0.3) is 0 Å². The number of carbonyl (C=O) groups excluding carboxylic acids is 1. The molecule has 0 saturated carbocycles. The number of urea groups is 1. The summed E-state index contributed by atoms with van der Waals surface area (Å²) in [4.78, 5) is 15.3. The minimum Gasteiger partial charge on any atom is -0.337 e. The van der Waals surface area contributed by atoms with E-state index in [1.54, 1.807) is 0 Å². The standard InChI is InChI=1S/C12H15N5O/c1-9-4-2-3-5-10(9)6-7-13-12(18)16-11-14-8-15-17-11/h2-5,8H,6-7H2,1H3,(H3,13,14,15,16,17,18). The highest BCUT2D eigenvalue weighted by Gasteiger charge is 2.03. The number of benzene rings is 1. The van der Waals surface area contributed by atoms with Gasteiger partial charge in [0.25, 0.3) is 0 Å². The number of hydrogen-bond acceptors (Lipinski definition) is 3. The first kappa shape index (κ1) is 12.1. The molecule has 0 aliphatic rings. The van der Waals surface area contributed by atoms with Crippen molar-refractivity contribution in [2.45, 2.75) is 13.3 Å². The fraction of sp³-hybridized carbons (Fsp3) is 0.250. The number of carbonyl (C=O) groups is 1. The molecule has 0 saturated heterocycles. The molecular formula is C12H15N5O. The van der Waals surface area contributed by atoms with E-state index in [9.17, 15) is 4.79 Å². The molecule has 2 aromatic rings. The number of aromatic nitrogens is 3. The number of H-pyrrole nitrogens is 1. The normalized spacial score (nSPS) is 10.1. The maximum atomic E-state index is 11.5. The van der Waals surface area contributed by atoms with E-state index in [0.29, 0.717) is 12.5 Å². The maximum Gasteiger partial charge on any atom is 0.321 e. The minimum atomic E-state index is -0.291. The second-order valence-electron chi connectivity index (χ2n) is 3.89. The van der Waals surface area contributed by atoms with Gasteiger partial charge in [-0.05, 0) is 24.5 Å². The number of rotatable bonds is 4. The molecule has 18 heavy (non-hydrogen) atoms. The Balaban J connectivity index is 1.75. The Kier molecular flexibility index (Phi) is 3.90. The highest BCUT2D eigenvalue weighted by molar-refractivity contribution is 5.87. The Labute approximate surface area is 105 Å². The number of aromatic amines is 1. The number of amides is 2. The lowest BCUT2D eigenvalue weighted by atomic mass is 10.1. The number of nitrogens with zero attached hydrogens (tertiary/aromatic N) is 2. The Morgan fingerprint density at radius 1 is 1.39 bits per heavy atom. The molecule has 0 aliphatic carbocycles. The molecule has 6 nitrogen and oxygen atoms in total. The van der Waals surface area contributed by atoms with Crippen LogP contribution in [0, 0.1) is 6.92 Å². The summed E-state index contributed by atoms with van der Waals surface area (Å²) in [5.41, 5.74) is 2.47. The van der Waals surface area contributed by atoms with Crippen LogP contribution in [-0.4, -0.2) is 27.8 Å². The van der Waals surface area contributed by atoms with E-state index in [1.807, 2.05) is 12.1 Å². The summed E-state index contributed by atoms with van der Waals surface area (Å²) in [5.74, 6) is 0.336. The monoisotopic (exact) mass is 245 g/mol. The molecule has 2 rings (SSSR count). The molecule has 0 atom stereocenters. The average Bonchev–Trinajstić information content (AvgIpc) is 2.84. The van der Waals surface area contributed by atoms with Crippen LogP contribution in [0.3, 0.4) is 0 Å². The third-order valence-electron chi connectivity index (χ3n) is 2.59. The van der Waals surface area contributed by atoms with Gasteiger partial charge in [-0.25, -0.2) is 9.89 Å². The summed E-state index contributed by atoms with van der Waals surface area (Å²) < 4.78 is 0. The van der Waals surface area contributed by atoms with Crippen LogP contribution >= 0.6 is 0 Å². The van der Waals surface area contributed by atoms with E-state index >= 15 is 0 Å². The number of hydrogen-bond donors (Lipinski definition) is 3. The van der Waals surface area contributed by atoms with E-state index in [4.69, 9.17) is 0 Å². The van der Waals surface area contributed by atoms with Crippen molar-refractivity contribution in [1.82, 2.24) is 20.5 Å². The molecule has 1 aromatic heterocycles. The van der Waals surface area contributed by atoms with E-state index in [1.165, 1.54) is 17.5 Å². The van der Waals surface area contributed by atoms with Gasteiger partial charge >= 0.3 is 6.03 Å². The van der Waals surface area contributed by atoms with Crippen molar-refractivity contribution in [1.29, 1.82) is 0 Å². The fourth-order valence-corrected chi connectivity index (χ4v) is 1.62. The molecule has 94 valence electrons. The van der Waals surface area contributed by atoms with E-state index in [-0.39, 0.29) is 6.03 Å². The lowest BCUT2D eigenvalue weighted by Gasteiger charge is -2.07. The van der Waals surface area contributed by atoms with Crippen molar-refractivity contribution in [3.8, 4) is 0 Å². The zero-order valence-electron chi connectivity index (χ0n) is 10.1. The molecule has 0 unspecified atom stereocenters. The summed E-state index contributed by atoms with van der Waals surface area (Å²) in [5, 5.41) is 11.5. The topological polar surface area (TPSA) is 82.7 Å². The molecule has 0 radical (unpaired) electrons. The lowest BCUT2D eigenvalue weighted by Crippen LogP contribution is -2.30. The number of nitrogens with one attached hydrogen (secondary N) is 3. The summed E-state index contributed by atoms with van der Waals surface area (Å²) in [6.45, 7) is 2.63. The quantitative estimate of drug-likeness (QED) is 0.763. The van der Waals surface area contributed by atoms with Crippen LogP contribution in [0.2, 0.25) is 0 Å². The summed E-state index contributed by atoms with van der Waals surface area (Å²) in [6, 6.07) is 7.83. The fourth-order valence-electron chi connectivity index (χ4n) is 1.62. The van der Waals surface area contributed by atoms with Gasteiger partial charge in [-0.3, -0.25) is 5.32 Å². The highest BCUT2D eigenvalue weighted by atomic mass is 16.2. The predicted molar refractivity (Wildman–Crippen MR) is 68.3 cm³/mol. The van der Waals surface area contributed by atoms with Gasteiger partial charge in [-0.1, -0.05) is 24.3 Å². The Morgan fingerprint density at radius 2 is 2.22 bits per heavy atom. The smallest absolute Gasteiger partial charge is 0.321 e. The molecular weight excluding hydrogens is 230 g/mol. The van der Waals surface area contributed by atoms with Crippen LogP contribution in [0.4, 0.5) is 10.7 Å². The first-order chi connectivity index (χ1) is 8.75. The van der Waals surface area contributed by atoms with Gasteiger partial charge in [0, 0.05) is 6.54 Å². The molecule has 2 amide bonds. The summed E-state index contributed by atoms with van der Waals surface area (Å²) in [6.07, 6.45) is 2.14. The highest BCUT2D eigenvalue weighted by Crippen LogP contribution is 2.06. The largest absolute Gasteiger partial charge is 0.337 e. The molecule has 6 heteroatoms. The first-order valence-electron chi connectivity index (χ1n) is 5.70. The van der Waals surface area contributed by atoms with Gasteiger partial charge in [0.2, 0.25) is 5.95 Å². The van der Waals surface area contributed by atoms with Crippen LogP contribution in [0.5, 0.6) is 0 Å². The minimum absolute atomic E-state index is 0.291. The molecule has 0 spiro atoms. The van der Waals surface area contributed by atoms with Crippen molar-refractivity contribution >= 4 is 12.0 Å². The number of anilines is 1. The van der Waals surface area contributed by atoms with Crippen molar-refractivity contribution in [3.63, 3.8) is 0 Å². The van der Waals surface area contributed by atoms with Crippen molar-refractivity contribution < 1.29 is 4.79 Å². The maximum absolute atomic E-state index is 11.5. The van der Waals surface area contributed by atoms with Crippen LogP contribution in [0.1, 0.15) is 11.1 Å². The van der Waals surface area contributed by atoms with Crippen molar-refractivity contribution in [3.05, 3.63) is 41.7 Å².